The first-order valence-corrected chi connectivity index (χ1v) is 6.80. The molecule has 2 aromatic rings. The Hall–Kier alpha value is -1.46. The summed E-state index contributed by atoms with van der Waals surface area (Å²) in [4.78, 5) is 4.48. The van der Waals surface area contributed by atoms with E-state index in [4.69, 9.17) is 0 Å². The molecule has 1 aromatic heterocycles. The summed E-state index contributed by atoms with van der Waals surface area (Å²) < 4.78 is 26.7. The van der Waals surface area contributed by atoms with Gasteiger partial charge in [0.2, 0.25) is 0 Å². The SMILES string of the molecule is CCNCc1cccnc1Sc1cc(F)ccc1F. The Morgan fingerprint density at radius 1 is 1.26 bits per heavy atom. The molecule has 0 unspecified atom stereocenters. The van der Waals surface area contributed by atoms with Gasteiger partial charge in [0.25, 0.3) is 0 Å². The van der Waals surface area contributed by atoms with Crippen molar-refractivity contribution in [3.05, 3.63) is 53.7 Å². The van der Waals surface area contributed by atoms with Gasteiger partial charge in [-0.3, -0.25) is 0 Å². The van der Waals surface area contributed by atoms with Crippen LogP contribution in [0.5, 0.6) is 0 Å². The van der Waals surface area contributed by atoms with E-state index < -0.39 is 11.6 Å². The molecular formula is C14H14F2N2S. The van der Waals surface area contributed by atoms with Gasteiger partial charge in [-0.15, -0.1) is 0 Å². The van der Waals surface area contributed by atoms with Crippen LogP contribution in [-0.2, 0) is 6.54 Å². The molecule has 2 rings (SSSR count). The Morgan fingerprint density at radius 2 is 2.11 bits per heavy atom. The van der Waals surface area contributed by atoms with Gasteiger partial charge >= 0.3 is 0 Å². The van der Waals surface area contributed by atoms with Crippen LogP contribution in [-0.4, -0.2) is 11.5 Å². The molecule has 0 radical (unpaired) electrons. The third-order valence-corrected chi connectivity index (χ3v) is 3.61. The minimum atomic E-state index is -0.451. The van der Waals surface area contributed by atoms with Crippen LogP contribution in [0.3, 0.4) is 0 Å². The molecule has 0 saturated carbocycles. The fraction of sp³-hybridized carbons (Fsp3) is 0.214. The van der Waals surface area contributed by atoms with Crippen LogP contribution in [0.4, 0.5) is 8.78 Å². The van der Waals surface area contributed by atoms with E-state index in [1.54, 1.807) is 6.20 Å². The highest BCUT2D eigenvalue weighted by molar-refractivity contribution is 7.99. The predicted octanol–water partition coefficient (Wildman–Crippen LogP) is 3.62. The molecule has 1 N–H and O–H groups in total. The summed E-state index contributed by atoms with van der Waals surface area (Å²) in [5.41, 5.74) is 0.970. The Bertz CT molecular complexity index is 561. The Kier molecular flexibility index (Phi) is 4.87. The van der Waals surface area contributed by atoms with Gasteiger partial charge in [-0.25, -0.2) is 13.8 Å². The van der Waals surface area contributed by atoms with Gasteiger partial charge in [0.15, 0.2) is 0 Å². The van der Waals surface area contributed by atoms with Crippen molar-refractivity contribution in [2.45, 2.75) is 23.4 Å². The number of halogens is 2. The lowest BCUT2D eigenvalue weighted by Gasteiger charge is -2.09. The van der Waals surface area contributed by atoms with Crippen molar-refractivity contribution < 1.29 is 8.78 Å². The zero-order chi connectivity index (χ0) is 13.7. The fourth-order valence-corrected chi connectivity index (χ4v) is 2.50. The number of aromatic nitrogens is 1. The van der Waals surface area contributed by atoms with E-state index in [0.29, 0.717) is 11.6 Å². The number of nitrogens with zero attached hydrogens (tertiary/aromatic N) is 1. The second kappa shape index (κ2) is 6.63. The van der Waals surface area contributed by atoms with Crippen molar-refractivity contribution in [2.75, 3.05) is 6.54 Å². The van der Waals surface area contributed by atoms with E-state index in [1.807, 2.05) is 19.1 Å². The van der Waals surface area contributed by atoms with Crippen molar-refractivity contribution in [2.24, 2.45) is 0 Å². The molecule has 0 aliphatic carbocycles. The van der Waals surface area contributed by atoms with Crippen LogP contribution in [0.25, 0.3) is 0 Å². The molecule has 0 aliphatic rings. The van der Waals surface area contributed by atoms with Crippen molar-refractivity contribution in [1.82, 2.24) is 10.3 Å². The first-order chi connectivity index (χ1) is 9.20. The van der Waals surface area contributed by atoms with E-state index in [9.17, 15) is 8.78 Å². The van der Waals surface area contributed by atoms with Crippen LogP contribution < -0.4 is 5.32 Å². The highest BCUT2D eigenvalue weighted by Gasteiger charge is 2.10. The number of hydrogen-bond acceptors (Lipinski definition) is 3. The average Bonchev–Trinajstić information content (AvgIpc) is 2.42. The van der Waals surface area contributed by atoms with Crippen LogP contribution in [0, 0.1) is 11.6 Å². The summed E-state index contributed by atoms with van der Waals surface area (Å²) in [6.07, 6.45) is 1.65. The predicted molar refractivity (Wildman–Crippen MR) is 72.1 cm³/mol. The van der Waals surface area contributed by atoms with Crippen LogP contribution in [0.15, 0.2) is 46.5 Å². The first-order valence-electron chi connectivity index (χ1n) is 5.98. The average molecular weight is 280 g/mol. The number of benzene rings is 1. The number of pyridine rings is 1. The zero-order valence-corrected chi connectivity index (χ0v) is 11.3. The monoisotopic (exact) mass is 280 g/mol. The molecular weight excluding hydrogens is 266 g/mol. The number of hydrogen-bond donors (Lipinski definition) is 1. The molecule has 0 bridgehead atoms. The van der Waals surface area contributed by atoms with E-state index in [2.05, 4.69) is 10.3 Å². The molecule has 0 atom stereocenters. The van der Waals surface area contributed by atoms with Gasteiger partial charge in [0.1, 0.15) is 16.7 Å². The molecule has 0 saturated heterocycles. The lowest BCUT2D eigenvalue weighted by Crippen LogP contribution is -2.12. The second-order valence-electron chi connectivity index (χ2n) is 3.92. The van der Waals surface area contributed by atoms with Crippen LogP contribution >= 0.6 is 11.8 Å². The number of rotatable bonds is 5. The molecule has 19 heavy (non-hydrogen) atoms. The minimum Gasteiger partial charge on any atom is -0.313 e. The van der Waals surface area contributed by atoms with E-state index in [-0.39, 0.29) is 4.90 Å². The smallest absolute Gasteiger partial charge is 0.137 e. The Balaban J connectivity index is 2.25. The normalized spacial score (nSPS) is 10.7. The third-order valence-electron chi connectivity index (χ3n) is 2.52. The van der Waals surface area contributed by atoms with Crippen LogP contribution in [0.1, 0.15) is 12.5 Å². The molecule has 0 spiro atoms. The maximum Gasteiger partial charge on any atom is 0.137 e. The Morgan fingerprint density at radius 3 is 2.89 bits per heavy atom. The van der Waals surface area contributed by atoms with Crippen molar-refractivity contribution in [3.63, 3.8) is 0 Å². The fourth-order valence-electron chi connectivity index (χ4n) is 1.57. The molecule has 5 heteroatoms. The van der Waals surface area contributed by atoms with Gasteiger partial charge in [-0.05, 0) is 36.4 Å². The standard InChI is InChI=1S/C14H14F2N2S/c1-2-17-9-10-4-3-7-18-14(10)19-13-8-11(15)5-6-12(13)16/h3-8,17H,2,9H2,1H3. The van der Waals surface area contributed by atoms with E-state index in [1.165, 1.54) is 6.07 Å². The Labute approximate surface area is 115 Å². The van der Waals surface area contributed by atoms with Crippen molar-refractivity contribution in [3.8, 4) is 0 Å². The third kappa shape index (κ3) is 3.75. The number of nitrogens with one attached hydrogen (secondary N) is 1. The zero-order valence-electron chi connectivity index (χ0n) is 10.5. The van der Waals surface area contributed by atoms with Crippen LogP contribution in [0.2, 0.25) is 0 Å². The molecule has 0 amide bonds. The lowest BCUT2D eigenvalue weighted by atomic mass is 10.3. The highest BCUT2D eigenvalue weighted by atomic mass is 32.2. The van der Waals surface area contributed by atoms with Gasteiger partial charge < -0.3 is 5.32 Å². The first kappa shape index (κ1) is 14.0. The maximum atomic E-state index is 13.6. The molecule has 100 valence electrons. The van der Waals surface area contributed by atoms with E-state index >= 15 is 0 Å². The summed E-state index contributed by atoms with van der Waals surface area (Å²) in [5.74, 6) is -0.889. The summed E-state index contributed by atoms with van der Waals surface area (Å²) in [5, 5.41) is 3.88. The lowest BCUT2D eigenvalue weighted by molar-refractivity contribution is 0.577. The molecule has 0 aliphatic heterocycles. The summed E-state index contributed by atoms with van der Waals surface area (Å²) >= 11 is 1.14. The van der Waals surface area contributed by atoms with Gasteiger partial charge in [-0.2, -0.15) is 0 Å². The summed E-state index contributed by atoms with van der Waals surface area (Å²) in [6.45, 7) is 3.51. The molecule has 1 heterocycles. The van der Waals surface area contributed by atoms with Crippen molar-refractivity contribution in [1.29, 1.82) is 0 Å². The van der Waals surface area contributed by atoms with E-state index in [0.717, 1.165) is 36.0 Å². The van der Waals surface area contributed by atoms with Gasteiger partial charge in [-0.1, -0.05) is 24.8 Å². The molecule has 1 aromatic carbocycles. The maximum absolute atomic E-state index is 13.6. The molecule has 2 nitrogen and oxygen atoms in total. The summed E-state index contributed by atoms with van der Waals surface area (Å²) in [6, 6.07) is 7.18. The molecule has 0 fully saturated rings. The van der Waals surface area contributed by atoms with Crippen molar-refractivity contribution >= 4 is 11.8 Å². The minimum absolute atomic E-state index is 0.247. The van der Waals surface area contributed by atoms with Gasteiger partial charge in [0.05, 0.1) is 4.90 Å². The topological polar surface area (TPSA) is 24.9 Å². The summed E-state index contributed by atoms with van der Waals surface area (Å²) in [7, 11) is 0. The quantitative estimate of drug-likeness (QED) is 0.905. The largest absolute Gasteiger partial charge is 0.313 e. The highest BCUT2D eigenvalue weighted by Crippen LogP contribution is 2.31. The second-order valence-corrected chi connectivity index (χ2v) is 4.96. The van der Waals surface area contributed by atoms with Gasteiger partial charge in [0, 0.05) is 12.7 Å².